The van der Waals surface area contributed by atoms with Crippen LogP contribution in [0.3, 0.4) is 0 Å². The fourth-order valence-corrected chi connectivity index (χ4v) is 3.01. The molecule has 0 aromatic heterocycles. The topological polar surface area (TPSA) is 84.9 Å². The highest BCUT2D eigenvalue weighted by molar-refractivity contribution is 6.06. The number of carbonyl (C=O) groups excluding carboxylic acids is 1. The van der Waals surface area contributed by atoms with Gasteiger partial charge in [0.15, 0.2) is 11.5 Å². The summed E-state index contributed by atoms with van der Waals surface area (Å²) in [6.45, 7) is 0.179. The van der Waals surface area contributed by atoms with Crippen LogP contribution in [0.15, 0.2) is 72.8 Å². The number of benzene rings is 3. The average molecular weight is 387 g/mol. The van der Waals surface area contributed by atoms with E-state index in [9.17, 15) is 14.7 Å². The minimum atomic E-state index is -1.11. The van der Waals surface area contributed by atoms with E-state index in [1.54, 1.807) is 36.4 Å². The predicted octanol–water partition coefficient (Wildman–Crippen LogP) is 4.43. The Bertz CT molecular complexity index is 1110. The second-order valence-corrected chi connectivity index (χ2v) is 6.37. The summed E-state index contributed by atoms with van der Waals surface area (Å²) in [6.07, 6.45) is 2.97. The van der Waals surface area contributed by atoms with Gasteiger partial charge in [0, 0.05) is 6.08 Å². The molecule has 1 aliphatic rings. The van der Waals surface area contributed by atoms with Crippen LogP contribution in [0, 0.1) is 0 Å². The van der Waals surface area contributed by atoms with Gasteiger partial charge in [-0.25, -0.2) is 4.79 Å². The Morgan fingerprint density at radius 1 is 0.897 bits per heavy atom. The maximum atomic E-state index is 12.4. The van der Waals surface area contributed by atoms with Crippen LogP contribution in [-0.4, -0.2) is 23.8 Å². The molecule has 3 aromatic rings. The first-order valence-electron chi connectivity index (χ1n) is 8.91. The van der Waals surface area contributed by atoms with E-state index >= 15 is 0 Å². The first-order valence-corrected chi connectivity index (χ1v) is 8.91. The normalized spacial score (nSPS) is 12.1. The number of amides is 1. The largest absolute Gasteiger partial charge is 0.478 e. The van der Waals surface area contributed by atoms with Crippen molar-refractivity contribution in [3.05, 3.63) is 83.9 Å². The summed E-state index contributed by atoms with van der Waals surface area (Å²) < 4.78 is 10.6. The van der Waals surface area contributed by atoms with E-state index in [2.05, 4.69) is 5.32 Å². The van der Waals surface area contributed by atoms with E-state index in [1.165, 1.54) is 12.1 Å². The zero-order valence-electron chi connectivity index (χ0n) is 15.3. The number of rotatable bonds is 5. The van der Waals surface area contributed by atoms with Gasteiger partial charge in [0.25, 0.3) is 0 Å². The maximum absolute atomic E-state index is 12.4. The van der Waals surface area contributed by atoms with E-state index < -0.39 is 11.9 Å². The molecule has 1 heterocycles. The van der Waals surface area contributed by atoms with Crippen molar-refractivity contribution in [1.29, 1.82) is 0 Å². The van der Waals surface area contributed by atoms with Crippen molar-refractivity contribution in [3.63, 3.8) is 0 Å². The van der Waals surface area contributed by atoms with Gasteiger partial charge in [-0.3, -0.25) is 4.79 Å². The molecule has 3 aromatic carbocycles. The maximum Gasteiger partial charge on any atom is 0.337 e. The van der Waals surface area contributed by atoms with E-state index in [0.717, 1.165) is 16.7 Å². The monoisotopic (exact) mass is 387 g/mol. The Balaban J connectivity index is 1.55. The van der Waals surface area contributed by atoms with E-state index in [0.29, 0.717) is 11.5 Å². The summed E-state index contributed by atoms with van der Waals surface area (Å²) in [6, 6.07) is 19.7. The van der Waals surface area contributed by atoms with Gasteiger partial charge in [-0.2, -0.15) is 0 Å². The Hall–Kier alpha value is -4.06. The molecule has 0 spiro atoms. The molecule has 6 heteroatoms. The highest BCUT2D eigenvalue weighted by atomic mass is 16.7. The molecule has 144 valence electrons. The summed E-state index contributed by atoms with van der Waals surface area (Å²) >= 11 is 0. The Morgan fingerprint density at radius 2 is 1.69 bits per heavy atom. The third-order valence-electron chi connectivity index (χ3n) is 4.44. The fraction of sp³-hybridized carbons (Fsp3) is 0.0435. The number of aromatic carboxylic acids is 1. The van der Waals surface area contributed by atoms with Crippen molar-refractivity contribution in [3.8, 4) is 22.6 Å². The number of carboxylic acid groups (broad SMARTS) is 1. The van der Waals surface area contributed by atoms with Gasteiger partial charge in [-0.15, -0.1) is 0 Å². The van der Waals surface area contributed by atoms with Crippen molar-refractivity contribution in [2.24, 2.45) is 0 Å². The van der Waals surface area contributed by atoms with Gasteiger partial charge in [0.1, 0.15) is 0 Å². The first-order chi connectivity index (χ1) is 14.1. The van der Waals surface area contributed by atoms with E-state index in [-0.39, 0.29) is 18.0 Å². The molecule has 1 amide bonds. The fourth-order valence-electron chi connectivity index (χ4n) is 3.01. The van der Waals surface area contributed by atoms with E-state index in [4.69, 9.17) is 9.47 Å². The summed E-state index contributed by atoms with van der Waals surface area (Å²) in [5, 5.41) is 12.1. The molecule has 6 nitrogen and oxygen atoms in total. The second-order valence-electron chi connectivity index (χ2n) is 6.37. The van der Waals surface area contributed by atoms with Crippen LogP contribution in [0.2, 0.25) is 0 Å². The minimum absolute atomic E-state index is 0.0227. The zero-order chi connectivity index (χ0) is 20.2. The highest BCUT2D eigenvalue weighted by Gasteiger charge is 2.14. The molecule has 0 radical (unpaired) electrons. The standard InChI is InChI=1S/C23H17NO5/c25-22(11-7-15-6-10-20-21(12-15)29-14-28-20)24-19-13-17(8-9-18(19)23(26)27)16-4-2-1-3-5-16/h1-13H,14H2,(H,24,25)(H,26,27). The number of fused-ring (bicyclic) bond motifs is 1. The van der Waals surface area contributed by atoms with Crippen LogP contribution in [0.1, 0.15) is 15.9 Å². The minimum Gasteiger partial charge on any atom is -0.478 e. The molecule has 4 rings (SSSR count). The number of hydrogen-bond acceptors (Lipinski definition) is 4. The molecular formula is C23H17NO5. The van der Waals surface area contributed by atoms with Crippen molar-refractivity contribution in [2.45, 2.75) is 0 Å². The molecule has 1 aliphatic heterocycles. The van der Waals surface area contributed by atoms with Gasteiger partial charge in [0.2, 0.25) is 12.7 Å². The predicted molar refractivity (Wildman–Crippen MR) is 109 cm³/mol. The SMILES string of the molecule is O=C(C=Cc1ccc2c(c1)OCO2)Nc1cc(-c2ccccc2)ccc1C(=O)O. The van der Waals surface area contributed by atoms with Gasteiger partial charge < -0.3 is 19.9 Å². The van der Waals surface area contributed by atoms with Crippen molar-refractivity contribution in [1.82, 2.24) is 0 Å². The second kappa shape index (κ2) is 7.90. The lowest BCUT2D eigenvalue weighted by atomic mass is 10.0. The lowest BCUT2D eigenvalue weighted by molar-refractivity contribution is -0.111. The summed E-state index contributed by atoms with van der Waals surface area (Å²) in [5.41, 5.74) is 2.76. The van der Waals surface area contributed by atoms with Crippen LogP contribution in [0.25, 0.3) is 17.2 Å². The molecule has 0 bridgehead atoms. The molecular weight excluding hydrogens is 370 g/mol. The van der Waals surface area contributed by atoms with Gasteiger partial charge >= 0.3 is 5.97 Å². The Labute approximate surface area is 167 Å². The Kier molecular flexibility index (Phi) is 4.99. The van der Waals surface area contributed by atoms with Gasteiger partial charge in [-0.05, 0) is 47.0 Å². The third-order valence-corrected chi connectivity index (χ3v) is 4.44. The molecule has 0 saturated carbocycles. The van der Waals surface area contributed by atoms with Crippen LogP contribution in [0.4, 0.5) is 5.69 Å². The summed E-state index contributed by atoms with van der Waals surface area (Å²) in [5.74, 6) is -0.262. The smallest absolute Gasteiger partial charge is 0.337 e. The van der Waals surface area contributed by atoms with Crippen molar-refractivity contribution in [2.75, 3.05) is 12.1 Å². The quantitative estimate of drug-likeness (QED) is 0.633. The van der Waals surface area contributed by atoms with Crippen LogP contribution in [-0.2, 0) is 4.79 Å². The molecule has 2 N–H and O–H groups in total. The van der Waals surface area contributed by atoms with Crippen LogP contribution < -0.4 is 14.8 Å². The zero-order valence-corrected chi connectivity index (χ0v) is 15.3. The number of hydrogen-bond donors (Lipinski definition) is 2. The third kappa shape index (κ3) is 4.11. The van der Waals surface area contributed by atoms with E-state index in [1.807, 2.05) is 30.3 Å². The lowest BCUT2D eigenvalue weighted by Gasteiger charge is -2.10. The molecule has 0 fully saturated rings. The van der Waals surface area contributed by atoms with Gasteiger partial charge in [0.05, 0.1) is 11.3 Å². The first kappa shape index (κ1) is 18.3. The average Bonchev–Trinajstić information content (AvgIpc) is 3.20. The Morgan fingerprint density at radius 3 is 2.48 bits per heavy atom. The van der Waals surface area contributed by atoms with Crippen LogP contribution >= 0.6 is 0 Å². The van der Waals surface area contributed by atoms with Crippen molar-refractivity contribution < 1.29 is 24.2 Å². The molecule has 0 atom stereocenters. The number of ether oxygens (including phenoxy) is 2. The molecule has 0 unspecified atom stereocenters. The number of carboxylic acids is 1. The van der Waals surface area contributed by atoms with Gasteiger partial charge in [-0.1, -0.05) is 42.5 Å². The highest BCUT2D eigenvalue weighted by Crippen LogP contribution is 2.33. The summed E-state index contributed by atoms with van der Waals surface area (Å²) in [7, 11) is 0. The number of nitrogens with one attached hydrogen (secondary N) is 1. The number of anilines is 1. The lowest BCUT2D eigenvalue weighted by Crippen LogP contribution is -2.12. The van der Waals surface area contributed by atoms with Crippen LogP contribution in [0.5, 0.6) is 11.5 Å². The summed E-state index contributed by atoms with van der Waals surface area (Å²) in [4.78, 5) is 23.9. The molecule has 0 saturated heterocycles. The van der Waals surface area contributed by atoms with Crippen molar-refractivity contribution >= 4 is 23.6 Å². The molecule has 0 aliphatic carbocycles. The number of carbonyl (C=O) groups is 2. The molecule has 29 heavy (non-hydrogen) atoms.